The lowest BCUT2D eigenvalue weighted by Gasteiger charge is -2.00. The normalized spacial score (nSPS) is 11.2. The Bertz CT molecular complexity index is 942. The molecule has 7 heteroatoms. The Kier molecular flexibility index (Phi) is 4.18. The summed E-state index contributed by atoms with van der Waals surface area (Å²) < 4.78 is 1.07. The number of carbonyl (C=O) groups excluding carboxylic acids is 1. The van der Waals surface area contributed by atoms with E-state index in [0.717, 1.165) is 26.4 Å². The van der Waals surface area contributed by atoms with Crippen molar-refractivity contribution >= 4 is 55.4 Å². The highest BCUT2D eigenvalue weighted by Crippen LogP contribution is 2.25. The number of rotatable bonds is 5. The molecule has 2 N–H and O–H groups in total. The lowest BCUT2D eigenvalue weighted by molar-refractivity contribution is -0.115. The van der Waals surface area contributed by atoms with Gasteiger partial charge in [-0.2, -0.15) is 0 Å². The molecule has 0 aliphatic rings. The topological polar surface area (TPSA) is 70.7 Å². The van der Waals surface area contributed by atoms with E-state index in [1.165, 1.54) is 11.3 Å². The maximum atomic E-state index is 12.1. The van der Waals surface area contributed by atoms with Crippen molar-refractivity contribution in [3.63, 3.8) is 0 Å². The molecule has 0 aliphatic carbocycles. The Morgan fingerprint density at radius 1 is 1.08 bits per heavy atom. The van der Waals surface area contributed by atoms with E-state index >= 15 is 0 Å². The van der Waals surface area contributed by atoms with Crippen LogP contribution in [0, 0.1) is 0 Å². The molecule has 0 radical (unpaired) electrons. The molecule has 4 aromatic rings. The third-order valence-electron chi connectivity index (χ3n) is 3.48. The second-order valence-corrected chi connectivity index (χ2v) is 7.31. The molecule has 0 atom stereocenters. The predicted molar refractivity (Wildman–Crippen MR) is 99.7 cm³/mol. The van der Waals surface area contributed by atoms with Gasteiger partial charge in [-0.05, 0) is 24.3 Å². The molecule has 24 heavy (non-hydrogen) atoms. The fourth-order valence-electron chi connectivity index (χ4n) is 2.35. The molecule has 0 saturated carbocycles. The summed E-state index contributed by atoms with van der Waals surface area (Å²) in [6, 6.07) is 15.7. The number of carbonyl (C=O) groups is 1. The molecule has 120 valence electrons. The predicted octanol–water partition coefficient (Wildman–Crippen LogP) is 4.29. The van der Waals surface area contributed by atoms with E-state index in [4.69, 9.17) is 0 Å². The van der Waals surface area contributed by atoms with Crippen molar-refractivity contribution in [3.05, 3.63) is 48.5 Å². The number of hydrogen-bond acceptors (Lipinski definition) is 5. The van der Waals surface area contributed by atoms with Crippen molar-refractivity contribution in [2.75, 3.05) is 11.1 Å². The van der Waals surface area contributed by atoms with Gasteiger partial charge in [0.05, 0.1) is 21.3 Å². The summed E-state index contributed by atoms with van der Waals surface area (Å²) in [5.41, 5.74) is 2.87. The van der Waals surface area contributed by atoms with Crippen molar-refractivity contribution in [2.45, 2.75) is 11.6 Å². The molecule has 2 aromatic carbocycles. The molecule has 0 aliphatic heterocycles. The third kappa shape index (κ3) is 3.27. The smallest absolute Gasteiger partial charge is 0.226 e. The van der Waals surface area contributed by atoms with Gasteiger partial charge in [-0.1, -0.05) is 47.4 Å². The number of imidazole rings is 1. The standard InChI is InChI=1S/C17H14N4OS2/c22-15(21-17-20-13-7-3-4-8-14(13)24-17)9-10-23-16-18-11-5-1-2-6-12(11)19-16/h1-8H,9-10H2,(H,18,19)(H,20,21,22). The number of para-hydroxylation sites is 3. The van der Waals surface area contributed by atoms with Crippen molar-refractivity contribution in [3.8, 4) is 0 Å². The number of H-pyrrole nitrogens is 1. The van der Waals surface area contributed by atoms with Gasteiger partial charge in [-0.15, -0.1) is 0 Å². The highest BCUT2D eigenvalue weighted by atomic mass is 32.2. The van der Waals surface area contributed by atoms with Gasteiger partial charge in [0.2, 0.25) is 5.91 Å². The SMILES string of the molecule is O=C(CCSc1nc2ccccc2[nH]1)Nc1nc2ccccc2s1. The zero-order valence-electron chi connectivity index (χ0n) is 12.7. The Labute approximate surface area is 146 Å². The number of benzene rings is 2. The average Bonchev–Trinajstić information content (AvgIpc) is 3.17. The highest BCUT2D eigenvalue weighted by Gasteiger charge is 2.09. The molecule has 0 saturated heterocycles. The maximum Gasteiger partial charge on any atom is 0.226 e. The first-order chi connectivity index (χ1) is 11.8. The fourth-order valence-corrected chi connectivity index (χ4v) is 4.05. The van der Waals surface area contributed by atoms with E-state index < -0.39 is 0 Å². The summed E-state index contributed by atoms with van der Waals surface area (Å²) >= 11 is 3.04. The molecule has 2 heterocycles. The summed E-state index contributed by atoms with van der Waals surface area (Å²) in [5, 5.41) is 4.35. The molecule has 0 spiro atoms. The van der Waals surface area contributed by atoms with E-state index in [2.05, 4.69) is 20.3 Å². The van der Waals surface area contributed by atoms with Gasteiger partial charge in [0.15, 0.2) is 10.3 Å². The lowest BCUT2D eigenvalue weighted by atomic mass is 10.3. The van der Waals surface area contributed by atoms with Crippen LogP contribution in [-0.4, -0.2) is 26.6 Å². The molecule has 2 aromatic heterocycles. The number of fused-ring (bicyclic) bond motifs is 2. The number of thioether (sulfide) groups is 1. The van der Waals surface area contributed by atoms with Crippen LogP contribution in [-0.2, 0) is 4.79 Å². The van der Waals surface area contributed by atoms with Crippen LogP contribution < -0.4 is 5.32 Å². The second kappa shape index (κ2) is 6.62. The number of hydrogen-bond donors (Lipinski definition) is 2. The van der Waals surface area contributed by atoms with Crippen molar-refractivity contribution < 1.29 is 4.79 Å². The zero-order valence-corrected chi connectivity index (χ0v) is 14.3. The van der Waals surface area contributed by atoms with E-state index in [1.807, 2.05) is 48.5 Å². The van der Waals surface area contributed by atoms with Crippen LogP contribution in [0.2, 0.25) is 0 Å². The van der Waals surface area contributed by atoms with Gasteiger partial charge in [-0.25, -0.2) is 9.97 Å². The van der Waals surface area contributed by atoms with E-state index in [0.29, 0.717) is 17.3 Å². The van der Waals surface area contributed by atoms with Crippen molar-refractivity contribution in [2.24, 2.45) is 0 Å². The minimum atomic E-state index is -0.0299. The Morgan fingerprint density at radius 2 is 1.88 bits per heavy atom. The first-order valence-corrected chi connectivity index (χ1v) is 9.31. The minimum absolute atomic E-state index is 0.0299. The number of thiazole rings is 1. The van der Waals surface area contributed by atoms with Gasteiger partial charge in [0.1, 0.15) is 0 Å². The van der Waals surface area contributed by atoms with Crippen LogP contribution in [0.3, 0.4) is 0 Å². The third-order valence-corrected chi connectivity index (χ3v) is 5.30. The van der Waals surface area contributed by atoms with E-state index in [-0.39, 0.29) is 5.91 Å². The van der Waals surface area contributed by atoms with Crippen LogP contribution in [0.5, 0.6) is 0 Å². The fraction of sp³-hybridized carbons (Fsp3) is 0.118. The Balaban J connectivity index is 1.33. The Hall–Kier alpha value is -2.38. The van der Waals surface area contributed by atoms with Crippen LogP contribution >= 0.6 is 23.1 Å². The molecule has 0 bridgehead atoms. The molecular formula is C17H14N4OS2. The number of anilines is 1. The van der Waals surface area contributed by atoms with E-state index in [9.17, 15) is 4.79 Å². The van der Waals surface area contributed by atoms with Gasteiger partial charge >= 0.3 is 0 Å². The number of nitrogens with zero attached hydrogens (tertiary/aromatic N) is 2. The first kappa shape index (κ1) is 15.2. The van der Waals surface area contributed by atoms with Gasteiger partial charge < -0.3 is 10.3 Å². The van der Waals surface area contributed by atoms with Crippen LogP contribution in [0.15, 0.2) is 53.7 Å². The van der Waals surface area contributed by atoms with Crippen LogP contribution in [0.4, 0.5) is 5.13 Å². The second-order valence-electron chi connectivity index (χ2n) is 5.19. The first-order valence-electron chi connectivity index (χ1n) is 7.51. The lowest BCUT2D eigenvalue weighted by Crippen LogP contribution is -2.11. The molecule has 5 nitrogen and oxygen atoms in total. The van der Waals surface area contributed by atoms with Gasteiger partial charge in [0, 0.05) is 12.2 Å². The summed E-state index contributed by atoms with van der Waals surface area (Å²) in [7, 11) is 0. The van der Waals surface area contributed by atoms with Crippen LogP contribution in [0.25, 0.3) is 21.3 Å². The largest absolute Gasteiger partial charge is 0.333 e. The number of aromatic amines is 1. The van der Waals surface area contributed by atoms with E-state index in [1.54, 1.807) is 11.8 Å². The average molecular weight is 354 g/mol. The summed E-state index contributed by atoms with van der Waals surface area (Å²) in [6.45, 7) is 0. The highest BCUT2D eigenvalue weighted by molar-refractivity contribution is 7.99. The number of aromatic nitrogens is 3. The quantitative estimate of drug-likeness (QED) is 0.524. The van der Waals surface area contributed by atoms with Crippen molar-refractivity contribution in [1.82, 2.24) is 15.0 Å². The van der Waals surface area contributed by atoms with Crippen molar-refractivity contribution in [1.29, 1.82) is 0 Å². The molecule has 4 rings (SSSR count). The summed E-state index contributed by atoms with van der Waals surface area (Å²) in [5.74, 6) is 0.633. The maximum absolute atomic E-state index is 12.1. The summed E-state index contributed by atoms with van der Waals surface area (Å²) in [4.78, 5) is 24.2. The molecule has 1 amide bonds. The number of amides is 1. The zero-order chi connectivity index (χ0) is 16.4. The molecule has 0 fully saturated rings. The summed E-state index contributed by atoms with van der Waals surface area (Å²) in [6.07, 6.45) is 0.414. The van der Waals surface area contributed by atoms with Gasteiger partial charge in [-0.3, -0.25) is 4.79 Å². The van der Waals surface area contributed by atoms with Crippen LogP contribution in [0.1, 0.15) is 6.42 Å². The minimum Gasteiger partial charge on any atom is -0.333 e. The number of nitrogens with one attached hydrogen (secondary N) is 2. The monoisotopic (exact) mass is 354 g/mol. The van der Waals surface area contributed by atoms with Gasteiger partial charge in [0.25, 0.3) is 0 Å². The molecule has 0 unspecified atom stereocenters. The Morgan fingerprint density at radius 3 is 2.71 bits per heavy atom. The molecular weight excluding hydrogens is 340 g/mol.